The third-order valence-electron chi connectivity index (χ3n) is 6.06. The number of nitrogens with zero attached hydrogens (tertiary/aromatic N) is 2. The van der Waals surface area contributed by atoms with Gasteiger partial charge in [0.1, 0.15) is 0 Å². The number of aliphatic imine (C=N–C) groups is 1. The zero-order valence-electron chi connectivity index (χ0n) is 17.7. The molecule has 0 aromatic heterocycles. The van der Waals surface area contributed by atoms with Crippen LogP contribution in [0.1, 0.15) is 71.1 Å². The van der Waals surface area contributed by atoms with Crippen molar-refractivity contribution in [2.75, 3.05) is 53.0 Å². The molecule has 6 heteroatoms. The molecule has 160 valence electrons. The minimum Gasteiger partial charge on any atom is -0.385 e. The normalized spacial score (nSPS) is 19.9. The number of methoxy groups -OCH3 is 1. The zero-order valence-corrected chi connectivity index (χ0v) is 20.1. The summed E-state index contributed by atoms with van der Waals surface area (Å²) in [5.74, 6) is 0.993. The van der Waals surface area contributed by atoms with E-state index < -0.39 is 0 Å². The van der Waals surface area contributed by atoms with Crippen molar-refractivity contribution < 1.29 is 4.74 Å². The Kier molecular flexibility index (Phi) is 13.7. The average Bonchev–Trinajstić information content (AvgIpc) is 2.64. The monoisotopic (exact) mass is 494 g/mol. The topological polar surface area (TPSA) is 48.9 Å². The lowest BCUT2D eigenvalue weighted by Gasteiger charge is -2.40. The molecule has 0 atom stereocenters. The Hall–Kier alpha value is -0.0800. The lowest BCUT2D eigenvalue weighted by atomic mass is 9.67. The molecule has 0 amide bonds. The van der Waals surface area contributed by atoms with Gasteiger partial charge in [0.2, 0.25) is 0 Å². The van der Waals surface area contributed by atoms with Gasteiger partial charge in [-0.05, 0) is 76.9 Å². The summed E-state index contributed by atoms with van der Waals surface area (Å²) in [4.78, 5) is 7.52. The number of rotatable bonds is 12. The number of piperidine rings is 1. The van der Waals surface area contributed by atoms with Crippen LogP contribution in [-0.4, -0.2) is 63.8 Å². The number of likely N-dealkylation sites (tertiary alicyclic amines) is 1. The third kappa shape index (κ3) is 9.79. The minimum absolute atomic E-state index is 0. The molecule has 5 nitrogen and oxygen atoms in total. The highest BCUT2D eigenvalue weighted by atomic mass is 127. The van der Waals surface area contributed by atoms with Crippen LogP contribution in [0.2, 0.25) is 0 Å². The summed E-state index contributed by atoms with van der Waals surface area (Å²) in [6.07, 6.45) is 13.2. The quantitative estimate of drug-likeness (QED) is 0.186. The Morgan fingerprint density at radius 1 is 1.04 bits per heavy atom. The number of hydrogen-bond donors (Lipinski definition) is 2. The van der Waals surface area contributed by atoms with E-state index in [0.29, 0.717) is 5.41 Å². The van der Waals surface area contributed by atoms with E-state index in [4.69, 9.17) is 9.73 Å². The van der Waals surface area contributed by atoms with Gasteiger partial charge < -0.3 is 20.3 Å². The standard InChI is InChI=1S/C21H42N4O.HI/c1-3-22-20(24-19-21(11-10-12-21)13-18-26-2)23-14-6-4-7-15-25-16-8-5-9-17-25;/h3-19H2,1-2H3,(H2,22,23,24);1H. The second-order valence-electron chi connectivity index (χ2n) is 8.18. The fraction of sp³-hybridized carbons (Fsp3) is 0.952. The van der Waals surface area contributed by atoms with E-state index in [-0.39, 0.29) is 24.0 Å². The lowest BCUT2D eigenvalue weighted by Crippen LogP contribution is -2.40. The van der Waals surface area contributed by atoms with Gasteiger partial charge in [0.05, 0.1) is 0 Å². The molecular weight excluding hydrogens is 451 g/mol. The first-order chi connectivity index (χ1) is 12.8. The van der Waals surface area contributed by atoms with Gasteiger partial charge in [0.25, 0.3) is 0 Å². The first-order valence-electron chi connectivity index (χ1n) is 11.0. The third-order valence-corrected chi connectivity index (χ3v) is 6.06. The van der Waals surface area contributed by atoms with Crippen LogP contribution in [0.25, 0.3) is 0 Å². The number of ether oxygens (including phenoxy) is 1. The molecule has 0 bridgehead atoms. The Labute approximate surface area is 184 Å². The van der Waals surface area contributed by atoms with Gasteiger partial charge in [-0.1, -0.05) is 19.3 Å². The summed E-state index contributed by atoms with van der Waals surface area (Å²) in [7, 11) is 1.80. The molecule has 1 aliphatic heterocycles. The molecule has 0 radical (unpaired) electrons. The van der Waals surface area contributed by atoms with Crippen molar-refractivity contribution >= 4 is 29.9 Å². The number of halogens is 1. The number of hydrogen-bond acceptors (Lipinski definition) is 3. The highest BCUT2D eigenvalue weighted by molar-refractivity contribution is 14.0. The molecule has 1 aliphatic carbocycles. The van der Waals surface area contributed by atoms with Crippen molar-refractivity contribution in [2.45, 2.75) is 71.1 Å². The van der Waals surface area contributed by atoms with E-state index in [1.807, 2.05) is 0 Å². The predicted molar refractivity (Wildman–Crippen MR) is 126 cm³/mol. The lowest BCUT2D eigenvalue weighted by molar-refractivity contribution is 0.0778. The second-order valence-corrected chi connectivity index (χ2v) is 8.18. The first-order valence-corrected chi connectivity index (χ1v) is 11.0. The second kappa shape index (κ2) is 14.9. The van der Waals surface area contributed by atoms with E-state index in [1.165, 1.54) is 77.4 Å². The summed E-state index contributed by atoms with van der Waals surface area (Å²) in [6.45, 7) is 9.80. The van der Waals surface area contributed by atoms with Gasteiger partial charge in [0, 0.05) is 33.4 Å². The van der Waals surface area contributed by atoms with Crippen LogP contribution in [0.4, 0.5) is 0 Å². The van der Waals surface area contributed by atoms with Gasteiger partial charge in [-0.15, -0.1) is 24.0 Å². The first kappa shape index (κ1) is 25.0. The Balaban J connectivity index is 0.00000364. The Morgan fingerprint density at radius 2 is 1.81 bits per heavy atom. The van der Waals surface area contributed by atoms with Crippen molar-refractivity contribution in [3.05, 3.63) is 0 Å². The van der Waals surface area contributed by atoms with Gasteiger partial charge in [-0.25, -0.2) is 0 Å². The van der Waals surface area contributed by atoms with E-state index >= 15 is 0 Å². The smallest absolute Gasteiger partial charge is 0.191 e. The molecule has 27 heavy (non-hydrogen) atoms. The molecule has 2 fully saturated rings. The number of unbranched alkanes of at least 4 members (excludes halogenated alkanes) is 2. The molecule has 2 N–H and O–H groups in total. The molecule has 0 unspecified atom stereocenters. The molecule has 1 saturated carbocycles. The van der Waals surface area contributed by atoms with Crippen LogP contribution in [0.3, 0.4) is 0 Å². The van der Waals surface area contributed by atoms with Crippen LogP contribution in [0, 0.1) is 5.41 Å². The minimum atomic E-state index is 0. The molecular formula is C21H43IN4O. The fourth-order valence-electron chi connectivity index (χ4n) is 4.10. The van der Waals surface area contributed by atoms with Crippen molar-refractivity contribution in [3.8, 4) is 0 Å². The summed E-state index contributed by atoms with van der Waals surface area (Å²) in [6, 6.07) is 0. The maximum Gasteiger partial charge on any atom is 0.191 e. The van der Waals surface area contributed by atoms with Gasteiger partial charge in [-0.2, -0.15) is 0 Å². The highest BCUT2D eigenvalue weighted by Crippen LogP contribution is 2.44. The molecule has 2 rings (SSSR count). The maximum atomic E-state index is 5.29. The SMILES string of the molecule is CCNC(=NCC1(CCOC)CCC1)NCCCCCN1CCCCC1.I. The summed E-state index contributed by atoms with van der Waals surface area (Å²) < 4.78 is 5.29. The van der Waals surface area contributed by atoms with Gasteiger partial charge in [0.15, 0.2) is 5.96 Å². The predicted octanol–water partition coefficient (Wildman–Crippen LogP) is 4.02. The van der Waals surface area contributed by atoms with Crippen LogP contribution in [0.5, 0.6) is 0 Å². The molecule has 0 aromatic carbocycles. The Morgan fingerprint density at radius 3 is 2.44 bits per heavy atom. The molecule has 0 spiro atoms. The number of guanidine groups is 1. The zero-order chi connectivity index (χ0) is 18.5. The summed E-state index contributed by atoms with van der Waals surface area (Å²) >= 11 is 0. The van der Waals surface area contributed by atoms with E-state index in [9.17, 15) is 0 Å². The maximum absolute atomic E-state index is 5.29. The molecule has 1 saturated heterocycles. The van der Waals surface area contributed by atoms with Gasteiger partial charge >= 0.3 is 0 Å². The van der Waals surface area contributed by atoms with E-state index in [1.54, 1.807) is 7.11 Å². The molecule has 0 aromatic rings. The van der Waals surface area contributed by atoms with Gasteiger partial charge in [-0.3, -0.25) is 4.99 Å². The highest BCUT2D eigenvalue weighted by Gasteiger charge is 2.36. The molecule has 2 aliphatic rings. The number of nitrogens with one attached hydrogen (secondary N) is 2. The average molecular weight is 495 g/mol. The van der Waals surface area contributed by atoms with E-state index in [2.05, 4.69) is 22.5 Å². The van der Waals surface area contributed by atoms with Crippen LogP contribution >= 0.6 is 24.0 Å². The van der Waals surface area contributed by atoms with Crippen LogP contribution in [0.15, 0.2) is 4.99 Å². The summed E-state index contributed by atoms with van der Waals surface area (Å²) in [5.41, 5.74) is 0.396. The molecule has 1 heterocycles. The van der Waals surface area contributed by atoms with E-state index in [0.717, 1.165) is 38.6 Å². The fourth-order valence-corrected chi connectivity index (χ4v) is 4.10. The van der Waals surface area contributed by atoms with Crippen LogP contribution < -0.4 is 10.6 Å². The largest absolute Gasteiger partial charge is 0.385 e. The Bertz CT molecular complexity index is 396. The summed E-state index contributed by atoms with van der Waals surface area (Å²) in [5, 5.41) is 6.93. The van der Waals surface area contributed by atoms with Crippen LogP contribution in [-0.2, 0) is 4.74 Å². The van der Waals surface area contributed by atoms with Crippen molar-refractivity contribution in [1.29, 1.82) is 0 Å². The van der Waals surface area contributed by atoms with Crippen molar-refractivity contribution in [1.82, 2.24) is 15.5 Å². The van der Waals surface area contributed by atoms with Crippen molar-refractivity contribution in [2.24, 2.45) is 10.4 Å². The van der Waals surface area contributed by atoms with Crippen molar-refractivity contribution in [3.63, 3.8) is 0 Å².